The number of anilines is 2. The minimum atomic E-state index is -1.19. The molecule has 28 heavy (non-hydrogen) atoms. The van der Waals surface area contributed by atoms with Gasteiger partial charge in [-0.3, -0.25) is 10.1 Å². The molecule has 2 aromatic rings. The lowest BCUT2D eigenvalue weighted by atomic mass is 10.1. The van der Waals surface area contributed by atoms with Gasteiger partial charge in [0.25, 0.3) is 11.4 Å². The van der Waals surface area contributed by atoms with E-state index in [1.54, 1.807) is 32.3 Å². The summed E-state index contributed by atoms with van der Waals surface area (Å²) in [5, 5.41) is 13.3. The quantitative estimate of drug-likeness (QED) is 0.479. The van der Waals surface area contributed by atoms with E-state index < -0.39 is 11.7 Å². The van der Waals surface area contributed by atoms with Crippen molar-refractivity contribution in [2.75, 3.05) is 25.5 Å². The van der Waals surface area contributed by atoms with E-state index in [0.717, 1.165) is 0 Å². The first-order valence-electron chi connectivity index (χ1n) is 8.67. The zero-order chi connectivity index (χ0) is 20.3. The van der Waals surface area contributed by atoms with E-state index in [1.807, 2.05) is 7.05 Å². The van der Waals surface area contributed by atoms with Gasteiger partial charge in [-0.25, -0.2) is 9.82 Å². The molecule has 150 valence electrons. The Labute approximate surface area is 170 Å². The van der Waals surface area contributed by atoms with Gasteiger partial charge in [0.05, 0.1) is 16.9 Å². The number of halogens is 2. The van der Waals surface area contributed by atoms with E-state index in [1.165, 1.54) is 17.0 Å². The van der Waals surface area contributed by atoms with Crippen molar-refractivity contribution in [3.05, 3.63) is 56.2 Å². The lowest BCUT2D eigenvalue weighted by Crippen LogP contribution is -2.53. The molecule has 0 radical (unpaired) electrons. The first-order chi connectivity index (χ1) is 13.4. The zero-order valence-corrected chi connectivity index (χ0v) is 17.4. The van der Waals surface area contributed by atoms with Crippen molar-refractivity contribution in [2.24, 2.45) is 12.1 Å². The van der Waals surface area contributed by atoms with Crippen LogP contribution < -0.4 is 26.9 Å². The molecule has 3 rings (SSSR count). The molecule has 1 aromatic carbocycles. The summed E-state index contributed by atoms with van der Waals surface area (Å²) in [6.07, 6.45) is 2.93. The van der Waals surface area contributed by atoms with Crippen LogP contribution in [0.2, 0.25) is 0 Å². The summed E-state index contributed by atoms with van der Waals surface area (Å²) in [4.78, 5) is 12.5. The van der Waals surface area contributed by atoms with Gasteiger partial charge in [0.2, 0.25) is 0 Å². The van der Waals surface area contributed by atoms with E-state index in [4.69, 9.17) is 4.74 Å². The summed E-state index contributed by atoms with van der Waals surface area (Å²) >= 11 is 3.25. The predicted octanol–water partition coefficient (Wildman–Crippen LogP) is 1.82. The van der Waals surface area contributed by atoms with Crippen molar-refractivity contribution in [3.63, 3.8) is 0 Å². The lowest BCUT2D eigenvalue weighted by molar-refractivity contribution is 0.0132. The molecule has 1 atom stereocenters. The van der Waals surface area contributed by atoms with Crippen LogP contribution in [0, 0.1) is 12.7 Å². The fraction of sp³-hybridized carbons (Fsp3) is 0.333. The molecule has 0 amide bonds. The van der Waals surface area contributed by atoms with Crippen LogP contribution in [0.1, 0.15) is 11.1 Å². The number of hydrogen-bond acceptors (Lipinski definition) is 7. The molecule has 0 spiro atoms. The topological polar surface area (TPSA) is 91.7 Å². The maximum Gasteiger partial charge on any atom is 0.285 e. The molecule has 0 bridgehead atoms. The summed E-state index contributed by atoms with van der Waals surface area (Å²) in [5.74, 6) is -1.64. The second-order valence-electron chi connectivity index (χ2n) is 6.38. The molecule has 0 fully saturated rings. The number of hydrazone groups is 1. The molecule has 0 aliphatic carbocycles. The number of aromatic nitrogens is 1. The number of pyridine rings is 1. The van der Waals surface area contributed by atoms with Crippen molar-refractivity contribution in [3.8, 4) is 0 Å². The van der Waals surface area contributed by atoms with Crippen molar-refractivity contribution < 1.29 is 9.13 Å². The highest BCUT2D eigenvalue weighted by atomic mass is 79.9. The number of aryl methyl sites for hydroxylation is 1. The monoisotopic (exact) mass is 452 g/mol. The highest BCUT2D eigenvalue weighted by Crippen LogP contribution is 2.33. The van der Waals surface area contributed by atoms with Crippen LogP contribution in [0.5, 0.6) is 0 Å². The van der Waals surface area contributed by atoms with Crippen LogP contribution in [-0.2, 0) is 17.6 Å². The Hall–Kier alpha value is -2.43. The highest BCUT2D eigenvalue weighted by molar-refractivity contribution is 9.10. The Morgan fingerprint density at radius 3 is 2.82 bits per heavy atom. The first kappa shape index (κ1) is 20.3. The number of benzene rings is 1. The van der Waals surface area contributed by atoms with Crippen LogP contribution in [0.25, 0.3) is 0 Å². The van der Waals surface area contributed by atoms with Crippen molar-refractivity contribution in [2.45, 2.75) is 12.8 Å². The van der Waals surface area contributed by atoms with Gasteiger partial charge in [-0.1, -0.05) is 15.9 Å². The van der Waals surface area contributed by atoms with Gasteiger partial charge >= 0.3 is 0 Å². The summed E-state index contributed by atoms with van der Waals surface area (Å²) in [6.45, 7) is 2.92. The van der Waals surface area contributed by atoms with Crippen LogP contribution >= 0.6 is 15.9 Å². The van der Waals surface area contributed by atoms with Gasteiger partial charge < -0.3 is 19.9 Å². The number of nitrogens with one attached hydrogen (secondary N) is 4. The summed E-state index contributed by atoms with van der Waals surface area (Å²) in [6, 6.07) is 4.67. The Bertz CT molecular complexity index is 954. The van der Waals surface area contributed by atoms with Gasteiger partial charge in [0, 0.05) is 36.4 Å². The predicted molar refractivity (Wildman–Crippen MR) is 110 cm³/mol. The van der Waals surface area contributed by atoms with Gasteiger partial charge in [-0.05, 0) is 32.2 Å². The maximum absolute atomic E-state index is 14.4. The van der Waals surface area contributed by atoms with Gasteiger partial charge in [-0.2, -0.15) is 0 Å². The third kappa shape index (κ3) is 3.89. The number of hydrogen-bond donors (Lipinski definition) is 4. The zero-order valence-electron chi connectivity index (χ0n) is 15.8. The minimum Gasteiger partial charge on any atom is -0.437 e. The van der Waals surface area contributed by atoms with Crippen LogP contribution in [0.15, 0.2) is 38.8 Å². The van der Waals surface area contributed by atoms with Crippen LogP contribution in [0.3, 0.4) is 0 Å². The van der Waals surface area contributed by atoms with Crippen molar-refractivity contribution >= 4 is 33.7 Å². The average Bonchev–Trinajstić information content (AvgIpc) is 3.14. The summed E-state index contributed by atoms with van der Waals surface area (Å²) in [7, 11) is 3.49. The van der Waals surface area contributed by atoms with Gasteiger partial charge in [0.1, 0.15) is 5.82 Å². The smallest absolute Gasteiger partial charge is 0.285 e. The molecule has 2 heterocycles. The third-order valence-corrected chi connectivity index (χ3v) is 4.92. The number of likely N-dealkylation sites (N-methyl/N-ethyl adjacent to an activating group) is 1. The van der Waals surface area contributed by atoms with E-state index in [-0.39, 0.29) is 11.2 Å². The Morgan fingerprint density at radius 1 is 1.39 bits per heavy atom. The Balaban J connectivity index is 2.10. The van der Waals surface area contributed by atoms with Crippen LogP contribution in [0.4, 0.5) is 15.8 Å². The highest BCUT2D eigenvalue weighted by Gasteiger charge is 2.40. The molecule has 0 saturated heterocycles. The Morgan fingerprint density at radius 2 is 2.18 bits per heavy atom. The molecule has 10 heteroatoms. The van der Waals surface area contributed by atoms with Gasteiger partial charge in [0.15, 0.2) is 6.40 Å². The summed E-state index contributed by atoms with van der Waals surface area (Å²) < 4.78 is 22.3. The number of rotatable bonds is 7. The molecule has 1 unspecified atom stereocenters. The van der Waals surface area contributed by atoms with Gasteiger partial charge in [-0.15, -0.1) is 5.10 Å². The molecule has 4 N–H and O–H groups in total. The fourth-order valence-corrected chi connectivity index (χ4v) is 3.29. The molecule has 1 aliphatic heterocycles. The second-order valence-corrected chi connectivity index (χ2v) is 7.30. The van der Waals surface area contributed by atoms with E-state index >= 15 is 0 Å². The normalized spacial score (nSPS) is 18.0. The third-order valence-electron chi connectivity index (χ3n) is 4.43. The second kappa shape index (κ2) is 8.29. The molecule has 0 saturated carbocycles. The standard InChI is InChI=1S/C18H22BrFN6O2/c1-11-16(24-15-5-4-12(19)8-14(15)20)13(9-26(3)17(11)27)18(22-7-6-21-2)25-23-10-28-18/h4-5,8-10,21-22,24-25H,6-7H2,1-3H3. The Kier molecular flexibility index (Phi) is 6.01. The fourth-order valence-electron chi connectivity index (χ4n) is 2.96. The molecule has 8 nitrogen and oxygen atoms in total. The van der Waals surface area contributed by atoms with Crippen molar-refractivity contribution in [1.29, 1.82) is 0 Å². The van der Waals surface area contributed by atoms with E-state index in [0.29, 0.717) is 34.4 Å². The lowest BCUT2D eigenvalue weighted by Gasteiger charge is -2.32. The first-order valence-corrected chi connectivity index (χ1v) is 9.46. The molecule has 1 aliphatic rings. The molecule has 1 aromatic heterocycles. The van der Waals surface area contributed by atoms with E-state index in [2.05, 4.69) is 42.4 Å². The SMILES string of the molecule is CNCCNC1(c2cn(C)c(=O)c(C)c2Nc2ccc(Br)cc2F)NN=CO1. The maximum atomic E-state index is 14.4. The number of ether oxygens (including phenoxy) is 1. The molecular weight excluding hydrogens is 431 g/mol. The minimum absolute atomic E-state index is 0.201. The average molecular weight is 453 g/mol. The van der Waals surface area contributed by atoms with E-state index in [9.17, 15) is 9.18 Å². The van der Waals surface area contributed by atoms with Crippen LogP contribution in [-0.4, -0.2) is 31.1 Å². The van der Waals surface area contributed by atoms with Crippen molar-refractivity contribution in [1.82, 2.24) is 20.6 Å². The summed E-state index contributed by atoms with van der Waals surface area (Å²) in [5.41, 5.74) is 4.40. The number of nitrogens with zero attached hydrogens (tertiary/aromatic N) is 2. The molecular formula is C18H22BrFN6O2. The largest absolute Gasteiger partial charge is 0.437 e.